The SMILES string of the molecule is Cc1cc(Br)c(OCC2CC2)c([N+](=O)[O-])c1. The van der Waals surface area contributed by atoms with Crippen LogP contribution in [0.3, 0.4) is 0 Å². The maximum absolute atomic E-state index is 10.9. The number of benzene rings is 1. The van der Waals surface area contributed by atoms with Gasteiger partial charge in [0.15, 0.2) is 0 Å². The highest BCUT2D eigenvalue weighted by atomic mass is 79.9. The maximum atomic E-state index is 10.9. The second-order valence-electron chi connectivity index (χ2n) is 4.11. The van der Waals surface area contributed by atoms with Crippen LogP contribution in [-0.4, -0.2) is 11.5 Å². The Morgan fingerprint density at radius 2 is 2.25 bits per heavy atom. The van der Waals surface area contributed by atoms with Gasteiger partial charge in [-0.1, -0.05) is 0 Å². The van der Waals surface area contributed by atoms with Crippen molar-refractivity contribution < 1.29 is 9.66 Å². The lowest BCUT2D eigenvalue weighted by Gasteiger charge is -2.08. The number of nitrogens with zero attached hydrogens (tertiary/aromatic N) is 1. The van der Waals surface area contributed by atoms with Crippen LogP contribution in [0.2, 0.25) is 0 Å². The van der Waals surface area contributed by atoms with E-state index in [4.69, 9.17) is 4.74 Å². The largest absolute Gasteiger partial charge is 0.486 e. The molecule has 0 N–H and O–H groups in total. The van der Waals surface area contributed by atoms with Crippen LogP contribution in [0.15, 0.2) is 16.6 Å². The first-order valence-corrected chi connectivity index (χ1v) is 5.94. The molecule has 0 radical (unpaired) electrons. The first-order chi connectivity index (χ1) is 7.58. The second kappa shape index (κ2) is 4.41. The summed E-state index contributed by atoms with van der Waals surface area (Å²) in [4.78, 5) is 10.5. The van der Waals surface area contributed by atoms with Crippen molar-refractivity contribution in [2.75, 3.05) is 6.61 Å². The van der Waals surface area contributed by atoms with Crippen molar-refractivity contribution in [3.63, 3.8) is 0 Å². The van der Waals surface area contributed by atoms with Crippen molar-refractivity contribution in [2.45, 2.75) is 19.8 Å². The second-order valence-corrected chi connectivity index (χ2v) is 4.96. The summed E-state index contributed by atoms with van der Waals surface area (Å²) in [7, 11) is 0. The van der Waals surface area contributed by atoms with Crippen molar-refractivity contribution in [1.29, 1.82) is 0 Å². The zero-order chi connectivity index (χ0) is 11.7. The molecule has 1 aromatic carbocycles. The van der Waals surface area contributed by atoms with E-state index < -0.39 is 4.92 Å². The highest BCUT2D eigenvalue weighted by Gasteiger charge is 2.25. The van der Waals surface area contributed by atoms with Crippen molar-refractivity contribution in [3.8, 4) is 5.75 Å². The number of hydrogen-bond donors (Lipinski definition) is 0. The average Bonchev–Trinajstić information content (AvgIpc) is 2.98. The molecule has 0 heterocycles. The number of nitro groups is 1. The van der Waals surface area contributed by atoms with Gasteiger partial charge in [0, 0.05) is 6.07 Å². The van der Waals surface area contributed by atoms with Gasteiger partial charge in [0.1, 0.15) is 0 Å². The normalized spacial score (nSPS) is 14.9. The smallest absolute Gasteiger partial charge is 0.312 e. The van der Waals surface area contributed by atoms with Gasteiger partial charge in [0.2, 0.25) is 5.75 Å². The van der Waals surface area contributed by atoms with Gasteiger partial charge in [-0.2, -0.15) is 0 Å². The molecule has 0 aliphatic heterocycles. The fourth-order valence-electron chi connectivity index (χ4n) is 1.47. The summed E-state index contributed by atoms with van der Waals surface area (Å²) < 4.78 is 6.17. The Balaban J connectivity index is 2.27. The van der Waals surface area contributed by atoms with E-state index in [0.717, 1.165) is 18.4 Å². The molecule has 5 heteroatoms. The molecular weight excluding hydrogens is 274 g/mol. The van der Waals surface area contributed by atoms with E-state index in [0.29, 0.717) is 22.7 Å². The topological polar surface area (TPSA) is 52.4 Å². The third-order valence-corrected chi connectivity index (χ3v) is 3.11. The third-order valence-electron chi connectivity index (χ3n) is 2.53. The summed E-state index contributed by atoms with van der Waals surface area (Å²) in [5.74, 6) is 0.926. The van der Waals surface area contributed by atoms with Crippen LogP contribution < -0.4 is 4.74 Å². The number of ether oxygens (including phenoxy) is 1. The average molecular weight is 286 g/mol. The van der Waals surface area contributed by atoms with Gasteiger partial charge in [0.05, 0.1) is 16.0 Å². The molecule has 86 valence electrons. The van der Waals surface area contributed by atoms with Crippen LogP contribution >= 0.6 is 15.9 Å². The lowest BCUT2D eigenvalue weighted by molar-refractivity contribution is -0.386. The molecule has 0 atom stereocenters. The minimum atomic E-state index is -0.403. The lowest BCUT2D eigenvalue weighted by Crippen LogP contribution is -2.03. The number of nitro benzene ring substituents is 1. The molecule has 1 saturated carbocycles. The molecule has 2 rings (SSSR count). The van der Waals surface area contributed by atoms with E-state index >= 15 is 0 Å². The van der Waals surface area contributed by atoms with Crippen LogP contribution in [0, 0.1) is 23.0 Å². The van der Waals surface area contributed by atoms with Crippen LogP contribution in [-0.2, 0) is 0 Å². The minimum absolute atomic E-state index is 0.0347. The maximum Gasteiger partial charge on any atom is 0.312 e. The predicted molar refractivity (Wildman–Crippen MR) is 63.8 cm³/mol. The Bertz CT molecular complexity index is 429. The van der Waals surface area contributed by atoms with Crippen molar-refractivity contribution >= 4 is 21.6 Å². The molecule has 0 bridgehead atoms. The van der Waals surface area contributed by atoms with Gasteiger partial charge in [-0.15, -0.1) is 0 Å². The molecule has 0 unspecified atom stereocenters. The summed E-state index contributed by atoms with van der Waals surface area (Å²) >= 11 is 3.31. The molecule has 0 spiro atoms. The summed E-state index contributed by atoms with van der Waals surface area (Å²) in [6, 6.07) is 3.36. The van der Waals surface area contributed by atoms with Crippen molar-refractivity contribution in [3.05, 3.63) is 32.3 Å². The lowest BCUT2D eigenvalue weighted by atomic mass is 10.2. The quantitative estimate of drug-likeness (QED) is 0.629. The molecular formula is C11H12BrNO3. The van der Waals surface area contributed by atoms with Crippen molar-refractivity contribution in [2.24, 2.45) is 5.92 Å². The van der Waals surface area contributed by atoms with E-state index in [1.165, 1.54) is 6.07 Å². The predicted octanol–water partition coefficient (Wildman–Crippen LogP) is 3.45. The minimum Gasteiger partial charge on any atom is -0.486 e. The Morgan fingerprint density at radius 1 is 1.56 bits per heavy atom. The number of aryl methyl sites for hydroxylation is 1. The number of rotatable bonds is 4. The van der Waals surface area contributed by atoms with Gasteiger partial charge in [-0.05, 0) is 53.2 Å². The Kier molecular flexibility index (Phi) is 3.14. The molecule has 1 aromatic rings. The van der Waals surface area contributed by atoms with Gasteiger partial charge >= 0.3 is 5.69 Å². The van der Waals surface area contributed by atoms with Gasteiger partial charge < -0.3 is 4.74 Å². The molecule has 1 aliphatic rings. The van der Waals surface area contributed by atoms with Crippen LogP contribution in [0.25, 0.3) is 0 Å². The molecule has 0 saturated heterocycles. The molecule has 0 amide bonds. The van der Waals surface area contributed by atoms with Gasteiger partial charge in [-0.25, -0.2) is 0 Å². The zero-order valence-corrected chi connectivity index (χ0v) is 10.5. The Labute approximate surface area is 102 Å². The molecule has 16 heavy (non-hydrogen) atoms. The number of halogens is 1. The monoisotopic (exact) mass is 285 g/mol. The molecule has 0 aromatic heterocycles. The van der Waals surface area contributed by atoms with Gasteiger partial charge in [0.25, 0.3) is 0 Å². The molecule has 1 fully saturated rings. The Hall–Kier alpha value is -1.10. The van der Waals surface area contributed by atoms with Crippen LogP contribution in [0.1, 0.15) is 18.4 Å². The molecule has 1 aliphatic carbocycles. The van der Waals surface area contributed by atoms with E-state index in [-0.39, 0.29) is 5.69 Å². The molecule has 4 nitrogen and oxygen atoms in total. The van der Waals surface area contributed by atoms with Gasteiger partial charge in [-0.3, -0.25) is 10.1 Å². The highest BCUT2D eigenvalue weighted by Crippen LogP contribution is 2.38. The fourth-order valence-corrected chi connectivity index (χ4v) is 2.15. The van der Waals surface area contributed by atoms with Crippen molar-refractivity contribution in [1.82, 2.24) is 0 Å². The van der Waals surface area contributed by atoms with E-state index in [1.54, 1.807) is 0 Å². The third kappa shape index (κ3) is 2.52. The van der Waals surface area contributed by atoms with E-state index in [9.17, 15) is 10.1 Å². The highest BCUT2D eigenvalue weighted by molar-refractivity contribution is 9.10. The summed E-state index contributed by atoms with van der Waals surface area (Å²) in [5.41, 5.74) is 0.880. The summed E-state index contributed by atoms with van der Waals surface area (Å²) in [6.07, 6.45) is 2.33. The fraction of sp³-hybridized carbons (Fsp3) is 0.455. The van der Waals surface area contributed by atoms with Crippen LogP contribution in [0.4, 0.5) is 5.69 Å². The first kappa shape index (κ1) is 11.4. The Morgan fingerprint density at radius 3 is 2.81 bits per heavy atom. The number of hydrogen-bond acceptors (Lipinski definition) is 3. The summed E-state index contributed by atoms with van der Waals surface area (Å²) in [6.45, 7) is 2.39. The standard InChI is InChI=1S/C11H12BrNO3/c1-7-4-9(12)11(10(5-7)13(14)15)16-6-8-2-3-8/h4-5,8H,2-3,6H2,1H3. The first-order valence-electron chi connectivity index (χ1n) is 5.15. The zero-order valence-electron chi connectivity index (χ0n) is 8.90. The summed E-state index contributed by atoms with van der Waals surface area (Å²) in [5, 5.41) is 10.9. The van der Waals surface area contributed by atoms with E-state index in [1.807, 2.05) is 13.0 Å². The van der Waals surface area contributed by atoms with E-state index in [2.05, 4.69) is 15.9 Å². The van der Waals surface area contributed by atoms with Crippen LogP contribution in [0.5, 0.6) is 5.75 Å².